The van der Waals surface area contributed by atoms with Crippen molar-refractivity contribution in [2.75, 3.05) is 0 Å². The SMILES string of the molecule is CC(C)CC(NS(=O)(=O)Cc1ccc(Cl)c(Cl)c1)C(=O)O. The minimum Gasteiger partial charge on any atom is -0.480 e. The van der Waals surface area contributed by atoms with Gasteiger partial charge in [-0.1, -0.05) is 43.1 Å². The van der Waals surface area contributed by atoms with E-state index < -0.39 is 22.0 Å². The van der Waals surface area contributed by atoms with Crippen LogP contribution in [-0.4, -0.2) is 25.5 Å². The molecule has 1 unspecified atom stereocenters. The molecule has 0 saturated carbocycles. The van der Waals surface area contributed by atoms with Crippen LogP contribution in [0.5, 0.6) is 0 Å². The van der Waals surface area contributed by atoms with E-state index in [0.29, 0.717) is 10.6 Å². The summed E-state index contributed by atoms with van der Waals surface area (Å²) in [6.45, 7) is 3.65. The van der Waals surface area contributed by atoms with Gasteiger partial charge >= 0.3 is 5.97 Å². The average Bonchev–Trinajstić information content (AvgIpc) is 2.31. The van der Waals surface area contributed by atoms with Crippen molar-refractivity contribution in [1.29, 1.82) is 0 Å². The molecule has 1 rings (SSSR count). The lowest BCUT2D eigenvalue weighted by molar-refractivity contribution is -0.139. The maximum atomic E-state index is 12.0. The van der Waals surface area contributed by atoms with Gasteiger partial charge < -0.3 is 5.11 Å². The molecule has 0 saturated heterocycles. The third-order valence-corrected chi connectivity index (χ3v) is 4.76. The van der Waals surface area contributed by atoms with Crippen LogP contribution in [0.4, 0.5) is 0 Å². The number of sulfonamides is 1. The van der Waals surface area contributed by atoms with Gasteiger partial charge in [0.25, 0.3) is 0 Å². The Morgan fingerprint density at radius 3 is 2.38 bits per heavy atom. The largest absolute Gasteiger partial charge is 0.480 e. The molecule has 0 amide bonds. The van der Waals surface area contributed by atoms with Crippen molar-refractivity contribution in [1.82, 2.24) is 4.72 Å². The summed E-state index contributed by atoms with van der Waals surface area (Å²) in [4.78, 5) is 11.1. The lowest BCUT2D eigenvalue weighted by atomic mass is 10.1. The maximum Gasteiger partial charge on any atom is 0.321 e. The Bertz CT molecular complexity index is 617. The Kier molecular flexibility index (Phi) is 6.46. The van der Waals surface area contributed by atoms with Gasteiger partial charge in [0.1, 0.15) is 6.04 Å². The van der Waals surface area contributed by atoms with Crippen molar-refractivity contribution < 1.29 is 18.3 Å². The summed E-state index contributed by atoms with van der Waals surface area (Å²) < 4.78 is 26.3. The van der Waals surface area contributed by atoms with Crippen LogP contribution >= 0.6 is 23.2 Å². The summed E-state index contributed by atoms with van der Waals surface area (Å²) in [5, 5.41) is 9.65. The predicted octanol–water partition coefficient (Wildman–Crippen LogP) is 2.91. The molecule has 21 heavy (non-hydrogen) atoms. The van der Waals surface area contributed by atoms with Gasteiger partial charge in [0, 0.05) is 0 Å². The van der Waals surface area contributed by atoms with Crippen LogP contribution in [-0.2, 0) is 20.6 Å². The van der Waals surface area contributed by atoms with Gasteiger partial charge in [0.15, 0.2) is 0 Å². The second kappa shape index (κ2) is 7.45. The highest BCUT2D eigenvalue weighted by atomic mass is 35.5. The van der Waals surface area contributed by atoms with Crippen LogP contribution in [0.15, 0.2) is 18.2 Å². The molecule has 1 atom stereocenters. The van der Waals surface area contributed by atoms with E-state index in [-0.39, 0.29) is 23.1 Å². The van der Waals surface area contributed by atoms with E-state index in [1.807, 2.05) is 13.8 Å². The number of nitrogens with one attached hydrogen (secondary N) is 1. The highest BCUT2D eigenvalue weighted by molar-refractivity contribution is 7.88. The van der Waals surface area contributed by atoms with E-state index in [2.05, 4.69) is 4.72 Å². The van der Waals surface area contributed by atoms with E-state index >= 15 is 0 Å². The fraction of sp³-hybridized carbons (Fsp3) is 0.462. The van der Waals surface area contributed by atoms with E-state index in [9.17, 15) is 13.2 Å². The lowest BCUT2D eigenvalue weighted by Crippen LogP contribution is -2.42. The Labute approximate surface area is 134 Å². The average molecular weight is 354 g/mol. The number of carboxylic acid groups (broad SMARTS) is 1. The zero-order valence-corrected chi connectivity index (χ0v) is 14.0. The number of aliphatic carboxylic acids is 1. The molecule has 0 fully saturated rings. The van der Waals surface area contributed by atoms with E-state index in [1.54, 1.807) is 0 Å². The summed E-state index contributed by atoms with van der Waals surface area (Å²) in [5.41, 5.74) is 0.436. The van der Waals surface area contributed by atoms with Crippen molar-refractivity contribution in [3.8, 4) is 0 Å². The van der Waals surface area contributed by atoms with Crippen molar-refractivity contribution in [2.24, 2.45) is 5.92 Å². The van der Waals surface area contributed by atoms with Crippen LogP contribution in [0, 0.1) is 5.92 Å². The first-order valence-electron chi connectivity index (χ1n) is 6.27. The molecule has 0 aliphatic heterocycles. The van der Waals surface area contributed by atoms with Gasteiger partial charge in [-0.2, -0.15) is 0 Å². The van der Waals surface area contributed by atoms with Gasteiger partial charge in [0.2, 0.25) is 10.0 Å². The van der Waals surface area contributed by atoms with Crippen molar-refractivity contribution in [2.45, 2.75) is 32.1 Å². The maximum absolute atomic E-state index is 12.0. The fourth-order valence-corrected chi connectivity index (χ4v) is 3.43. The Morgan fingerprint density at radius 1 is 1.29 bits per heavy atom. The van der Waals surface area contributed by atoms with Crippen LogP contribution in [0.25, 0.3) is 0 Å². The molecule has 0 heterocycles. The molecule has 0 spiro atoms. The van der Waals surface area contributed by atoms with Crippen molar-refractivity contribution >= 4 is 39.2 Å². The standard InChI is InChI=1S/C13H17Cl2NO4S/c1-8(2)5-12(13(17)18)16-21(19,20)7-9-3-4-10(14)11(15)6-9/h3-4,6,8,12,16H,5,7H2,1-2H3,(H,17,18). The first-order chi connectivity index (χ1) is 9.60. The monoisotopic (exact) mass is 353 g/mol. The molecule has 5 nitrogen and oxygen atoms in total. The topological polar surface area (TPSA) is 83.5 Å². The van der Waals surface area contributed by atoms with Crippen LogP contribution in [0.2, 0.25) is 10.0 Å². The van der Waals surface area contributed by atoms with Crippen LogP contribution in [0.1, 0.15) is 25.8 Å². The fourth-order valence-electron chi connectivity index (χ4n) is 1.78. The highest BCUT2D eigenvalue weighted by Gasteiger charge is 2.25. The third-order valence-electron chi connectivity index (χ3n) is 2.67. The van der Waals surface area contributed by atoms with E-state index in [4.69, 9.17) is 28.3 Å². The zero-order valence-electron chi connectivity index (χ0n) is 11.6. The molecular weight excluding hydrogens is 337 g/mol. The van der Waals surface area contributed by atoms with Crippen LogP contribution in [0.3, 0.4) is 0 Å². The first-order valence-corrected chi connectivity index (χ1v) is 8.68. The smallest absolute Gasteiger partial charge is 0.321 e. The Hall–Kier alpha value is -0.820. The van der Waals surface area contributed by atoms with E-state index in [1.165, 1.54) is 18.2 Å². The molecule has 0 radical (unpaired) electrons. The molecule has 118 valence electrons. The lowest BCUT2D eigenvalue weighted by Gasteiger charge is -2.16. The molecule has 0 aliphatic rings. The van der Waals surface area contributed by atoms with Gasteiger partial charge in [-0.25, -0.2) is 13.1 Å². The van der Waals surface area contributed by atoms with Gasteiger partial charge in [-0.15, -0.1) is 0 Å². The molecule has 1 aromatic carbocycles. The number of benzene rings is 1. The second-order valence-corrected chi connectivity index (χ2v) is 7.71. The minimum absolute atomic E-state index is 0.0544. The molecule has 1 aromatic rings. The molecule has 0 bridgehead atoms. The number of halogens is 2. The molecule has 0 aliphatic carbocycles. The Morgan fingerprint density at radius 2 is 1.90 bits per heavy atom. The summed E-state index contributed by atoms with van der Waals surface area (Å²) in [6, 6.07) is 3.34. The normalized spacial score (nSPS) is 13.4. The van der Waals surface area contributed by atoms with Crippen LogP contribution < -0.4 is 4.72 Å². The number of hydrogen-bond donors (Lipinski definition) is 2. The van der Waals surface area contributed by atoms with Crippen molar-refractivity contribution in [3.05, 3.63) is 33.8 Å². The van der Waals surface area contributed by atoms with Gasteiger partial charge in [-0.05, 0) is 30.0 Å². The molecule has 0 aromatic heterocycles. The molecule has 2 N–H and O–H groups in total. The quantitative estimate of drug-likeness (QED) is 0.789. The second-order valence-electron chi connectivity index (χ2n) is 5.15. The zero-order chi connectivity index (χ0) is 16.2. The highest BCUT2D eigenvalue weighted by Crippen LogP contribution is 2.23. The van der Waals surface area contributed by atoms with E-state index in [0.717, 1.165) is 0 Å². The van der Waals surface area contributed by atoms with Gasteiger partial charge in [0.05, 0.1) is 15.8 Å². The number of carboxylic acids is 1. The summed E-state index contributed by atoms with van der Waals surface area (Å²) in [7, 11) is -3.79. The number of rotatable bonds is 7. The molecule has 8 heteroatoms. The number of carbonyl (C=O) groups is 1. The summed E-state index contributed by atoms with van der Waals surface area (Å²) in [6.07, 6.45) is 0.218. The molecular formula is C13H17Cl2NO4S. The third kappa shape index (κ3) is 6.22. The summed E-state index contributed by atoms with van der Waals surface area (Å²) in [5.74, 6) is -1.49. The Balaban J connectivity index is 2.84. The predicted molar refractivity (Wildman–Crippen MR) is 83.1 cm³/mol. The minimum atomic E-state index is -3.79. The first kappa shape index (κ1) is 18.2. The number of hydrogen-bond acceptors (Lipinski definition) is 3. The van der Waals surface area contributed by atoms with Gasteiger partial charge in [-0.3, -0.25) is 4.79 Å². The summed E-state index contributed by atoms with van der Waals surface area (Å²) >= 11 is 11.6. The van der Waals surface area contributed by atoms with Crippen molar-refractivity contribution in [3.63, 3.8) is 0 Å².